The highest BCUT2D eigenvalue weighted by molar-refractivity contribution is 5.90. The van der Waals surface area contributed by atoms with Crippen LogP contribution in [0, 0.1) is 5.82 Å². The first-order valence-electron chi connectivity index (χ1n) is 8.73. The molecular weight excluding hydrogens is 347 g/mol. The lowest BCUT2D eigenvalue weighted by Gasteiger charge is -2.13. The number of nitrogens with one attached hydrogen (secondary N) is 3. The van der Waals surface area contributed by atoms with Crippen LogP contribution in [0.4, 0.5) is 10.1 Å². The Morgan fingerprint density at radius 3 is 2.44 bits per heavy atom. The molecule has 0 aliphatic carbocycles. The first kappa shape index (κ1) is 20.2. The summed E-state index contributed by atoms with van der Waals surface area (Å²) in [5, 5.41) is 9.15. The molecule has 1 amide bonds. The minimum absolute atomic E-state index is 0.164. The van der Waals surface area contributed by atoms with Crippen LogP contribution < -0.4 is 20.7 Å². The maximum absolute atomic E-state index is 13.0. The highest BCUT2D eigenvalue weighted by Crippen LogP contribution is 2.25. The first-order chi connectivity index (χ1) is 13.0. The van der Waals surface area contributed by atoms with Gasteiger partial charge >= 0.3 is 0 Å². The van der Waals surface area contributed by atoms with Crippen LogP contribution in [0.1, 0.15) is 25.0 Å². The van der Waals surface area contributed by atoms with Crippen molar-refractivity contribution in [2.45, 2.75) is 26.9 Å². The largest absolute Gasteiger partial charge is 0.495 e. The summed E-state index contributed by atoms with van der Waals surface area (Å²) in [7, 11) is 1.56. The van der Waals surface area contributed by atoms with Crippen molar-refractivity contribution in [1.29, 1.82) is 0 Å². The molecule has 0 atom stereocenters. The fraction of sp³-hybridized carbons (Fsp3) is 0.300. The van der Waals surface area contributed by atoms with Crippen LogP contribution in [0.15, 0.2) is 47.5 Å². The maximum atomic E-state index is 13.0. The van der Waals surface area contributed by atoms with Crippen LogP contribution in [0.25, 0.3) is 0 Å². The fourth-order valence-electron chi connectivity index (χ4n) is 2.44. The molecule has 0 heterocycles. The lowest BCUT2D eigenvalue weighted by atomic mass is 10.2. The molecule has 2 aromatic carbocycles. The van der Waals surface area contributed by atoms with Gasteiger partial charge in [-0.15, -0.1) is 0 Å². The van der Waals surface area contributed by atoms with Crippen molar-refractivity contribution in [3.05, 3.63) is 59.4 Å². The van der Waals surface area contributed by atoms with Gasteiger partial charge in [0, 0.05) is 20.0 Å². The summed E-state index contributed by atoms with van der Waals surface area (Å²) in [5.41, 5.74) is 2.50. The van der Waals surface area contributed by atoms with Gasteiger partial charge in [-0.1, -0.05) is 18.2 Å². The van der Waals surface area contributed by atoms with Gasteiger partial charge < -0.3 is 20.7 Å². The van der Waals surface area contributed by atoms with Crippen LogP contribution in [-0.4, -0.2) is 25.5 Å². The quantitative estimate of drug-likeness (QED) is 0.516. The van der Waals surface area contributed by atoms with Crippen LogP contribution in [0.3, 0.4) is 0 Å². The molecular formula is C20H25FN4O2. The Balaban J connectivity index is 2.06. The molecule has 0 spiro atoms. The summed E-state index contributed by atoms with van der Waals surface area (Å²) in [6.45, 7) is 5.11. The van der Waals surface area contributed by atoms with E-state index in [1.165, 1.54) is 19.1 Å². The number of rotatable bonds is 7. The molecule has 0 radical (unpaired) electrons. The molecule has 0 aliphatic rings. The molecule has 0 unspecified atom stereocenters. The van der Waals surface area contributed by atoms with Gasteiger partial charge in [-0.2, -0.15) is 0 Å². The van der Waals surface area contributed by atoms with Gasteiger partial charge in [-0.05, 0) is 42.3 Å². The van der Waals surface area contributed by atoms with E-state index in [4.69, 9.17) is 4.74 Å². The summed E-state index contributed by atoms with van der Waals surface area (Å²) in [4.78, 5) is 15.9. The zero-order chi connectivity index (χ0) is 19.6. The summed E-state index contributed by atoms with van der Waals surface area (Å²) in [6.07, 6.45) is 0. The monoisotopic (exact) mass is 372 g/mol. The Bertz CT molecular complexity index is 791. The second-order valence-electron chi connectivity index (χ2n) is 5.89. The third-order valence-corrected chi connectivity index (χ3v) is 3.71. The molecule has 6 nitrogen and oxygen atoms in total. The Morgan fingerprint density at radius 1 is 1.11 bits per heavy atom. The number of carbonyl (C=O) groups is 1. The van der Waals surface area contributed by atoms with E-state index >= 15 is 0 Å². The van der Waals surface area contributed by atoms with Crippen LogP contribution in [0.5, 0.6) is 5.75 Å². The topological polar surface area (TPSA) is 74.8 Å². The maximum Gasteiger partial charge on any atom is 0.221 e. The Labute approximate surface area is 158 Å². The van der Waals surface area contributed by atoms with Crippen LogP contribution in [-0.2, 0) is 17.9 Å². The number of hydrogen-bond donors (Lipinski definition) is 3. The Kier molecular flexibility index (Phi) is 7.61. The number of guanidine groups is 1. The van der Waals surface area contributed by atoms with Gasteiger partial charge in [-0.3, -0.25) is 4.79 Å². The summed E-state index contributed by atoms with van der Waals surface area (Å²) in [5.74, 6) is 0.829. The molecule has 144 valence electrons. The number of aliphatic imine (C=N–C) groups is 1. The van der Waals surface area contributed by atoms with E-state index < -0.39 is 0 Å². The molecule has 27 heavy (non-hydrogen) atoms. The normalized spacial score (nSPS) is 11.0. The van der Waals surface area contributed by atoms with Crippen LogP contribution in [0.2, 0.25) is 0 Å². The van der Waals surface area contributed by atoms with Gasteiger partial charge in [0.15, 0.2) is 5.96 Å². The standard InChI is InChI=1S/C20H25FN4O2/c1-4-22-20(23-12-15-5-8-17(21)9-6-15)24-13-16-7-10-19(27-3)18(11-16)25-14(2)26/h5-11H,4,12-13H2,1-3H3,(H,25,26)(H2,22,23,24). The molecule has 0 bridgehead atoms. The van der Waals surface area contributed by atoms with Crippen molar-refractivity contribution in [1.82, 2.24) is 10.6 Å². The van der Waals surface area contributed by atoms with Gasteiger partial charge in [0.05, 0.1) is 19.3 Å². The summed E-state index contributed by atoms with van der Waals surface area (Å²) in [6, 6.07) is 11.9. The predicted octanol–water partition coefficient (Wildman–Crippen LogP) is 3.05. The minimum atomic E-state index is -0.256. The lowest BCUT2D eigenvalue weighted by Crippen LogP contribution is -2.36. The van der Waals surface area contributed by atoms with Crippen LogP contribution >= 0.6 is 0 Å². The van der Waals surface area contributed by atoms with E-state index in [9.17, 15) is 9.18 Å². The third kappa shape index (κ3) is 6.62. The second kappa shape index (κ2) is 10.2. The highest BCUT2D eigenvalue weighted by Gasteiger charge is 2.06. The second-order valence-corrected chi connectivity index (χ2v) is 5.89. The highest BCUT2D eigenvalue weighted by atomic mass is 19.1. The average molecular weight is 372 g/mol. The third-order valence-electron chi connectivity index (χ3n) is 3.71. The number of ether oxygens (including phenoxy) is 1. The number of methoxy groups -OCH3 is 1. The number of benzene rings is 2. The van der Waals surface area contributed by atoms with E-state index in [1.54, 1.807) is 25.3 Å². The fourth-order valence-corrected chi connectivity index (χ4v) is 2.44. The summed E-state index contributed by atoms with van der Waals surface area (Å²) >= 11 is 0. The van der Waals surface area contributed by atoms with E-state index in [0.29, 0.717) is 30.5 Å². The zero-order valence-electron chi connectivity index (χ0n) is 15.8. The van der Waals surface area contributed by atoms with E-state index in [-0.39, 0.29) is 11.7 Å². The number of carbonyl (C=O) groups excluding carboxylic acids is 1. The number of hydrogen-bond acceptors (Lipinski definition) is 3. The molecule has 0 aromatic heterocycles. The van der Waals surface area contributed by atoms with Crippen molar-refractivity contribution in [2.75, 3.05) is 19.0 Å². The van der Waals surface area contributed by atoms with E-state index in [2.05, 4.69) is 20.9 Å². The van der Waals surface area contributed by atoms with Gasteiger partial charge in [0.2, 0.25) is 5.91 Å². The SMILES string of the molecule is CCNC(=NCc1ccc(OC)c(NC(C)=O)c1)NCc1ccc(F)cc1. The van der Waals surface area contributed by atoms with Crippen molar-refractivity contribution in [3.63, 3.8) is 0 Å². The molecule has 0 aliphatic heterocycles. The van der Waals surface area contributed by atoms with E-state index in [1.807, 2.05) is 19.1 Å². The van der Waals surface area contributed by atoms with E-state index in [0.717, 1.165) is 17.7 Å². The predicted molar refractivity (Wildman–Crippen MR) is 105 cm³/mol. The summed E-state index contributed by atoms with van der Waals surface area (Å²) < 4.78 is 18.2. The number of halogens is 1. The Morgan fingerprint density at radius 2 is 1.81 bits per heavy atom. The molecule has 3 N–H and O–H groups in total. The molecule has 0 saturated heterocycles. The van der Waals surface area contributed by atoms with Crippen molar-refractivity contribution in [2.24, 2.45) is 4.99 Å². The lowest BCUT2D eigenvalue weighted by molar-refractivity contribution is -0.114. The molecule has 2 aromatic rings. The Hall–Kier alpha value is -3.09. The average Bonchev–Trinajstić information content (AvgIpc) is 2.65. The van der Waals surface area contributed by atoms with Gasteiger partial charge in [0.1, 0.15) is 11.6 Å². The van der Waals surface area contributed by atoms with Crippen molar-refractivity contribution < 1.29 is 13.9 Å². The number of nitrogens with zero attached hydrogens (tertiary/aromatic N) is 1. The molecule has 7 heteroatoms. The number of anilines is 1. The first-order valence-corrected chi connectivity index (χ1v) is 8.73. The minimum Gasteiger partial charge on any atom is -0.495 e. The van der Waals surface area contributed by atoms with Gasteiger partial charge in [-0.25, -0.2) is 9.38 Å². The van der Waals surface area contributed by atoms with Gasteiger partial charge in [0.25, 0.3) is 0 Å². The molecule has 0 fully saturated rings. The van der Waals surface area contributed by atoms with Crippen molar-refractivity contribution in [3.8, 4) is 5.75 Å². The zero-order valence-corrected chi connectivity index (χ0v) is 15.8. The molecule has 2 rings (SSSR count). The molecule has 0 saturated carbocycles. The number of amides is 1. The smallest absolute Gasteiger partial charge is 0.221 e. The van der Waals surface area contributed by atoms with Crippen molar-refractivity contribution >= 4 is 17.6 Å².